The predicted octanol–water partition coefficient (Wildman–Crippen LogP) is 3.10. The van der Waals surface area contributed by atoms with E-state index in [4.69, 9.17) is 9.47 Å². The number of aryl methyl sites for hydroxylation is 1. The summed E-state index contributed by atoms with van der Waals surface area (Å²) in [4.78, 5) is 0. The van der Waals surface area contributed by atoms with Crippen molar-refractivity contribution in [3.05, 3.63) is 35.4 Å². The second-order valence-electron chi connectivity index (χ2n) is 5.38. The molecule has 3 heteroatoms. The van der Waals surface area contributed by atoms with Crippen molar-refractivity contribution in [3.63, 3.8) is 0 Å². The monoisotopic (exact) mass is 277 g/mol. The maximum atomic E-state index is 5.86. The Bertz CT molecular complexity index is 371. The third-order valence-electron chi connectivity index (χ3n) is 3.85. The molecular formula is C17H27NO2. The molecule has 2 atom stereocenters. The van der Waals surface area contributed by atoms with Gasteiger partial charge in [-0.25, -0.2) is 0 Å². The average molecular weight is 277 g/mol. The first-order chi connectivity index (χ1) is 9.83. The van der Waals surface area contributed by atoms with Crippen LogP contribution in [0.25, 0.3) is 0 Å². The summed E-state index contributed by atoms with van der Waals surface area (Å²) in [6.45, 7) is 7.58. The van der Waals surface area contributed by atoms with Gasteiger partial charge >= 0.3 is 0 Å². The van der Waals surface area contributed by atoms with Gasteiger partial charge in [0.1, 0.15) is 0 Å². The number of benzene rings is 1. The van der Waals surface area contributed by atoms with E-state index in [-0.39, 0.29) is 6.04 Å². The summed E-state index contributed by atoms with van der Waals surface area (Å²) in [7, 11) is 0. The lowest BCUT2D eigenvalue weighted by atomic mass is 10.0. The largest absolute Gasteiger partial charge is 0.377 e. The molecule has 1 aliphatic heterocycles. The van der Waals surface area contributed by atoms with Crippen LogP contribution >= 0.6 is 0 Å². The summed E-state index contributed by atoms with van der Waals surface area (Å²) < 4.78 is 11.4. The zero-order valence-electron chi connectivity index (χ0n) is 12.7. The standard InChI is InChI=1S/C17H27NO2/c1-3-14-7-9-15(10-8-14)17(18-4-2)13-19-12-16-6-5-11-20-16/h7-10,16-18H,3-6,11-13H2,1-2H3. The van der Waals surface area contributed by atoms with Crippen LogP contribution in [0.2, 0.25) is 0 Å². The quantitative estimate of drug-likeness (QED) is 0.792. The summed E-state index contributed by atoms with van der Waals surface area (Å²) >= 11 is 0. The first-order valence-corrected chi connectivity index (χ1v) is 7.85. The Kier molecular flexibility index (Phi) is 6.51. The molecule has 1 aliphatic rings. The molecule has 112 valence electrons. The maximum absolute atomic E-state index is 5.86. The van der Waals surface area contributed by atoms with Crippen LogP contribution in [0.4, 0.5) is 0 Å². The number of likely N-dealkylation sites (N-methyl/N-ethyl adjacent to an activating group) is 1. The van der Waals surface area contributed by atoms with E-state index in [9.17, 15) is 0 Å². The minimum absolute atomic E-state index is 0.271. The van der Waals surface area contributed by atoms with Crippen molar-refractivity contribution in [2.75, 3.05) is 26.4 Å². The minimum Gasteiger partial charge on any atom is -0.377 e. The molecular weight excluding hydrogens is 250 g/mol. The Morgan fingerprint density at radius 3 is 2.70 bits per heavy atom. The third-order valence-corrected chi connectivity index (χ3v) is 3.85. The SMILES string of the molecule is CCNC(COCC1CCCO1)c1ccc(CC)cc1. The van der Waals surface area contributed by atoms with Gasteiger partial charge < -0.3 is 14.8 Å². The highest BCUT2D eigenvalue weighted by Gasteiger charge is 2.17. The van der Waals surface area contributed by atoms with Crippen LogP contribution in [-0.2, 0) is 15.9 Å². The number of rotatable bonds is 8. The van der Waals surface area contributed by atoms with Gasteiger partial charge in [0.25, 0.3) is 0 Å². The van der Waals surface area contributed by atoms with Gasteiger partial charge in [-0.1, -0.05) is 38.1 Å². The van der Waals surface area contributed by atoms with Crippen molar-refractivity contribution in [1.82, 2.24) is 5.32 Å². The van der Waals surface area contributed by atoms with E-state index in [1.165, 1.54) is 17.5 Å². The normalized spacial score (nSPS) is 20.2. The van der Waals surface area contributed by atoms with Crippen molar-refractivity contribution >= 4 is 0 Å². The van der Waals surface area contributed by atoms with Crippen LogP contribution < -0.4 is 5.32 Å². The second-order valence-corrected chi connectivity index (χ2v) is 5.38. The molecule has 0 aliphatic carbocycles. The predicted molar refractivity (Wildman–Crippen MR) is 82.0 cm³/mol. The van der Waals surface area contributed by atoms with Crippen molar-refractivity contribution in [1.29, 1.82) is 0 Å². The molecule has 0 saturated carbocycles. The Morgan fingerprint density at radius 1 is 1.30 bits per heavy atom. The Morgan fingerprint density at radius 2 is 2.10 bits per heavy atom. The highest BCUT2D eigenvalue weighted by Crippen LogP contribution is 2.17. The number of ether oxygens (including phenoxy) is 2. The van der Waals surface area contributed by atoms with Gasteiger partial charge in [-0.05, 0) is 36.9 Å². The van der Waals surface area contributed by atoms with E-state index in [1.54, 1.807) is 0 Å². The van der Waals surface area contributed by atoms with E-state index in [2.05, 4.69) is 43.4 Å². The molecule has 2 rings (SSSR count). The Hall–Kier alpha value is -0.900. The molecule has 1 saturated heterocycles. The van der Waals surface area contributed by atoms with Gasteiger partial charge in [0, 0.05) is 6.61 Å². The fourth-order valence-electron chi connectivity index (χ4n) is 2.60. The summed E-state index contributed by atoms with van der Waals surface area (Å²) in [5, 5.41) is 3.50. The third kappa shape index (κ3) is 4.58. The molecule has 3 nitrogen and oxygen atoms in total. The first kappa shape index (κ1) is 15.5. The van der Waals surface area contributed by atoms with Gasteiger partial charge in [-0.2, -0.15) is 0 Å². The Labute approximate surface area is 122 Å². The van der Waals surface area contributed by atoms with Crippen LogP contribution in [0.5, 0.6) is 0 Å². The molecule has 0 spiro atoms. The van der Waals surface area contributed by atoms with Crippen molar-refractivity contribution in [3.8, 4) is 0 Å². The van der Waals surface area contributed by atoms with Gasteiger partial charge in [0.15, 0.2) is 0 Å². The molecule has 2 unspecified atom stereocenters. The van der Waals surface area contributed by atoms with Crippen molar-refractivity contribution < 1.29 is 9.47 Å². The van der Waals surface area contributed by atoms with E-state index in [1.807, 2.05) is 0 Å². The lowest BCUT2D eigenvalue weighted by Crippen LogP contribution is -2.27. The average Bonchev–Trinajstić information content (AvgIpc) is 3.00. The summed E-state index contributed by atoms with van der Waals surface area (Å²) in [6.07, 6.45) is 3.70. The molecule has 1 aromatic carbocycles. The maximum Gasteiger partial charge on any atom is 0.0809 e. The van der Waals surface area contributed by atoms with E-state index < -0.39 is 0 Å². The molecule has 20 heavy (non-hydrogen) atoms. The fraction of sp³-hybridized carbons (Fsp3) is 0.647. The molecule has 1 aromatic rings. The second kappa shape index (κ2) is 8.40. The van der Waals surface area contributed by atoms with Gasteiger partial charge in [-0.3, -0.25) is 0 Å². The number of hydrogen-bond acceptors (Lipinski definition) is 3. The van der Waals surface area contributed by atoms with Crippen LogP contribution in [0.3, 0.4) is 0 Å². The summed E-state index contributed by atoms with van der Waals surface area (Å²) in [6, 6.07) is 9.11. The van der Waals surface area contributed by atoms with E-state index in [0.29, 0.717) is 12.7 Å². The molecule has 0 bridgehead atoms. The van der Waals surface area contributed by atoms with Crippen LogP contribution in [0.1, 0.15) is 43.9 Å². The number of nitrogens with one attached hydrogen (secondary N) is 1. The molecule has 0 amide bonds. The summed E-state index contributed by atoms with van der Waals surface area (Å²) in [5.41, 5.74) is 2.68. The van der Waals surface area contributed by atoms with E-state index >= 15 is 0 Å². The highest BCUT2D eigenvalue weighted by atomic mass is 16.5. The van der Waals surface area contributed by atoms with Crippen LogP contribution in [0.15, 0.2) is 24.3 Å². The molecule has 1 heterocycles. The topological polar surface area (TPSA) is 30.5 Å². The van der Waals surface area contributed by atoms with Crippen LogP contribution in [-0.4, -0.2) is 32.5 Å². The van der Waals surface area contributed by atoms with Crippen molar-refractivity contribution in [2.24, 2.45) is 0 Å². The number of hydrogen-bond donors (Lipinski definition) is 1. The smallest absolute Gasteiger partial charge is 0.0809 e. The zero-order chi connectivity index (χ0) is 14.2. The summed E-state index contributed by atoms with van der Waals surface area (Å²) in [5.74, 6) is 0. The molecule has 1 N–H and O–H groups in total. The zero-order valence-corrected chi connectivity index (χ0v) is 12.7. The molecule has 1 fully saturated rings. The molecule has 0 radical (unpaired) electrons. The van der Waals surface area contributed by atoms with Gasteiger partial charge in [0.05, 0.1) is 25.4 Å². The lowest BCUT2D eigenvalue weighted by Gasteiger charge is -2.20. The van der Waals surface area contributed by atoms with Crippen LogP contribution in [0, 0.1) is 0 Å². The van der Waals surface area contributed by atoms with Crippen molar-refractivity contribution in [2.45, 2.75) is 45.3 Å². The highest BCUT2D eigenvalue weighted by molar-refractivity contribution is 5.25. The Balaban J connectivity index is 1.84. The van der Waals surface area contributed by atoms with Gasteiger partial charge in [0.2, 0.25) is 0 Å². The van der Waals surface area contributed by atoms with E-state index in [0.717, 1.165) is 32.6 Å². The first-order valence-electron chi connectivity index (χ1n) is 7.85. The lowest BCUT2D eigenvalue weighted by molar-refractivity contribution is 0.0101. The van der Waals surface area contributed by atoms with Gasteiger partial charge in [-0.15, -0.1) is 0 Å². The fourth-order valence-corrected chi connectivity index (χ4v) is 2.60. The molecule has 0 aromatic heterocycles. The minimum atomic E-state index is 0.271.